The lowest BCUT2D eigenvalue weighted by Crippen LogP contribution is -2.60. The maximum absolute atomic E-state index is 13.0. The maximum atomic E-state index is 13.0. The number of carbonyl (C=O) groups excluding carboxylic acids is 4. The van der Waals surface area contributed by atoms with Gasteiger partial charge in [-0.25, -0.2) is 9.59 Å². The van der Waals surface area contributed by atoms with E-state index in [0.717, 1.165) is 5.56 Å². The van der Waals surface area contributed by atoms with E-state index in [1.165, 1.54) is 0 Å². The molecule has 36 heavy (non-hydrogen) atoms. The number of benzene rings is 1. The largest absolute Gasteiger partial charge is 0.464 e. The zero-order valence-electron chi connectivity index (χ0n) is 22.3. The Kier molecular flexibility index (Phi) is 12.4. The zero-order chi connectivity index (χ0) is 27.4. The van der Waals surface area contributed by atoms with Gasteiger partial charge in [0.05, 0.1) is 12.6 Å². The summed E-state index contributed by atoms with van der Waals surface area (Å²) in [6, 6.07) is 7.53. The van der Waals surface area contributed by atoms with Gasteiger partial charge in [0.2, 0.25) is 11.8 Å². The molecule has 0 spiro atoms. The third-order valence-corrected chi connectivity index (χ3v) is 5.11. The van der Waals surface area contributed by atoms with Crippen molar-refractivity contribution >= 4 is 23.9 Å². The van der Waals surface area contributed by atoms with Gasteiger partial charge in [0.25, 0.3) is 0 Å². The van der Waals surface area contributed by atoms with Crippen molar-refractivity contribution in [2.24, 2.45) is 5.73 Å². The van der Waals surface area contributed by atoms with Gasteiger partial charge in [0.15, 0.2) is 0 Å². The molecule has 3 amide bonds. The van der Waals surface area contributed by atoms with Crippen molar-refractivity contribution < 1.29 is 28.7 Å². The molecule has 0 saturated carbocycles. The van der Waals surface area contributed by atoms with Crippen LogP contribution in [0.5, 0.6) is 0 Å². The predicted molar refractivity (Wildman–Crippen MR) is 137 cm³/mol. The lowest BCUT2D eigenvalue weighted by atomic mass is 10.00. The highest BCUT2D eigenvalue weighted by atomic mass is 16.6. The third kappa shape index (κ3) is 12.0. The summed E-state index contributed by atoms with van der Waals surface area (Å²) < 4.78 is 10.3. The topological polar surface area (TPSA) is 149 Å². The molecule has 0 fully saturated rings. The molecule has 0 radical (unpaired) electrons. The Labute approximate surface area is 214 Å². The molecule has 0 aliphatic rings. The van der Waals surface area contributed by atoms with Crippen LogP contribution in [0.25, 0.3) is 0 Å². The first-order valence-corrected chi connectivity index (χ1v) is 12.3. The predicted octanol–water partition coefficient (Wildman–Crippen LogP) is 2.19. The number of rotatable bonds is 13. The van der Waals surface area contributed by atoms with Gasteiger partial charge >= 0.3 is 12.1 Å². The summed E-state index contributed by atoms with van der Waals surface area (Å²) in [6.07, 6.45) is 1.35. The van der Waals surface area contributed by atoms with E-state index in [9.17, 15) is 19.2 Å². The Morgan fingerprint density at radius 3 is 2.22 bits per heavy atom. The van der Waals surface area contributed by atoms with Gasteiger partial charge in [0, 0.05) is 13.0 Å². The molecular formula is C26H42N4O6. The van der Waals surface area contributed by atoms with Crippen molar-refractivity contribution in [1.82, 2.24) is 16.0 Å². The zero-order valence-corrected chi connectivity index (χ0v) is 22.3. The number of unbranched alkanes of at least 4 members (excludes halogenated alkanes) is 1. The number of carbonyl (C=O) groups is 4. The summed E-state index contributed by atoms with van der Waals surface area (Å²) in [4.78, 5) is 49.7. The van der Waals surface area contributed by atoms with Crippen LogP contribution in [0.1, 0.15) is 66.4 Å². The van der Waals surface area contributed by atoms with Crippen LogP contribution in [-0.2, 0) is 30.3 Å². The SMILES string of the molecule is CCOC(=O)[C@H](Cc1ccccc1)NC(=O)C(C)(C)NC(=O)[C@@H](N)CCCCNC(=O)OC(C)(C)C. The Hall–Kier alpha value is -3.14. The summed E-state index contributed by atoms with van der Waals surface area (Å²) >= 11 is 0. The Morgan fingerprint density at radius 2 is 1.64 bits per heavy atom. The first-order valence-electron chi connectivity index (χ1n) is 12.3. The van der Waals surface area contributed by atoms with Gasteiger partial charge < -0.3 is 31.2 Å². The molecule has 1 aromatic carbocycles. The van der Waals surface area contributed by atoms with Crippen LogP contribution in [-0.4, -0.2) is 60.3 Å². The van der Waals surface area contributed by atoms with Gasteiger partial charge in [-0.05, 0) is 66.4 Å². The minimum atomic E-state index is -1.31. The molecule has 0 aliphatic carbocycles. The van der Waals surface area contributed by atoms with Gasteiger partial charge in [0.1, 0.15) is 17.2 Å². The minimum Gasteiger partial charge on any atom is -0.464 e. The Morgan fingerprint density at radius 1 is 1.00 bits per heavy atom. The smallest absolute Gasteiger partial charge is 0.407 e. The first-order chi connectivity index (χ1) is 16.7. The number of ether oxygens (including phenoxy) is 2. The van der Waals surface area contributed by atoms with Crippen molar-refractivity contribution in [3.63, 3.8) is 0 Å². The van der Waals surface area contributed by atoms with Crippen LogP contribution < -0.4 is 21.7 Å². The fourth-order valence-corrected chi connectivity index (χ4v) is 3.21. The number of esters is 1. The molecule has 1 rings (SSSR count). The van der Waals surface area contributed by atoms with E-state index < -0.39 is 47.1 Å². The summed E-state index contributed by atoms with van der Waals surface area (Å²) in [5.41, 5.74) is 4.99. The van der Waals surface area contributed by atoms with E-state index in [1.54, 1.807) is 41.5 Å². The quantitative estimate of drug-likeness (QED) is 0.237. The van der Waals surface area contributed by atoms with E-state index in [2.05, 4.69) is 16.0 Å². The molecular weight excluding hydrogens is 464 g/mol. The number of hydrogen-bond acceptors (Lipinski definition) is 7. The Bertz CT molecular complexity index is 867. The van der Waals surface area contributed by atoms with E-state index in [0.29, 0.717) is 25.8 Å². The number of amides is 3. The molecule has 1 aromatic rings. The molecule has 0 aromatic heterocycles. The maximum Gasteiger partial charge on any atom is 0.407 e. The third-order valence-electron chi connectivity index (χ3n) is 5.11. The molecule has 0 unspecified atom stereocenters. The average Bonchev–Trinajstić information content (AvgIpc) is 2.77. The van der Waals surface area contributed by atoms with Gasteiger partial charge in [-0.1, -0.05) is 30.3 Å². The molecule has 10 heteroatoms. The molecule has 202 valence electrons. The number of hydrogen-bond donors (Lipinski definition) is 4. The van der Waals surface area contributed by atoms with Gasteiger partial charge in [-0.3, -0.25) is 9.59 Å². The average molecular weight is 507 g/mol. The van der Waals surface area contributed by atoms with Crippen LogP contribution >= 0.6 is 0 Å². The van der Waals surface area contributed by atoms with E-state index in [4.69, 9.17) is 15.2 Å². The van der Waals surface area contributed by atoms with Crippen LogP contribution in [0.3, 0.4) is 0 Å². The fourth-order valence-electron chi connectivity index (χ4n) is 3.21. The molecule has 2 atom stereocenters. The summed E-state index contributed by atoms with van der Waals surface area (Å²) in [7, 11) is 0. The molecule has 0 saturated heterocycles. The molecule has 0 bridgehead atoms. The van der Waals surface area contributed by atoms with Crippen LogP contribution in [0.2, 0.25) is 0 Å². The van der Waals surface area contributed by atoms with E-state index >= 15 is 0 Å². The summed E-state index contributed by atoms with van der Waals surface area (Å²) in [6.45, 7) is 10.7. The highest BCUT2D eigenvalue weighted by Gasteiger charge is 2.34. The molecule has 0 aliphatic heterocycles. The van der Waals surface area contributed by atoms with E-state index in [1.807, 2.05) is 30.3 Å². The van der Waals surface area contributed by atoms with Crippen LogP contribution in [0, 0.1) is 0 Å². The fraction of sp³-hybridized carbons (Fsp3) is 0.615. The van der Waals surface area contributed by atoms with Crippen LogP contribution in [0.15, 0.2) is 30.3 Å². The van der Waals surface area contributed by atoms with Crippen molar-refractivity contribution in [3.05, 3.63) is 35.9 Å². The summed E-state index contributed by atoms with van der Waals surface area (Å²) in [5, 5.41) is 8.02. The number of alkyl carbamates (subject to hydrolysis) is 1. The van der Waals surface area contributed by atoms with Crippen molar-refractivity contribution in [2.45, 2.75) is 90.4 Å². The standard InChI is InChI=1S/C26H42N4O6/c1-7-35-22(32)20(17-18-13-9-8-10-14-18)29-23(33)26(5,6)30-21(31)19(27)15-11-12-16-28-24(34)36-25(2,3)4/h8-10,13-14,19-20H,7,11-12,15-17,27H2,1-6H3,(H,28,34)(H,29,33)(H,30,31)/t19-,20-/m0/s1. The number of nitrogens with one attached hydrogen (secondary N) is 3. The van der Waals surface area contributed by atoms with Gasteiger partial charge in [-0.15, -0.1) is 0 Å². The van der Waals surface area contributed by atoms with Gasteiger partial charge in [-0.2, -0.15) is 0 Å². The second-order valence-electron chi connectivity index (χ2n) is 10.1. The molecule has 0 heterocycles. The van der Waals surface area contributed by atoms with Crippen molar-refractivity contribution in [3.8, 4) is 0 Å². The second-order valence-corrected chi connectivity index (χ2v) is 10.1. The normalized spacial score (nSPS) is 13.2. The van der Waals surface area contributed by atoms with Crippen LogP contribution in [0.4, 0.5) is 4.79 Å². The van der Waals surface area contributed by atoms with Crippen molar-refractivity contribution in [2.75, 3.05) is 13.2 Å². The lowest BCUT2D eigenvalue weighted by molar-refractivity contribution is -0.148. The molecule has 5 N–H and O–H groups in total. The lowest BCUT2D eigenvalue weighted by Gasteiger charge is -2.29. The highest BCUT2D eigenvalue weighted by molar-refractivity contribution is 5.94. The first kappa shape index (κ1) is 30.9. The monoisotopic (exact) mass is 506 g/mol. The highest BCUT2D eigenvalue weighted by Crippen LogP contribution is 2.10. The second kappa shape index (κ2) is 14.4. The minimum absolute atomic E-state index is 0.183. The van der Waals surface area contributed by atoms with Crippen molar-refractivity contribution in [1.29, 1.82) is 0 Å². The number of nitrogens with two attached hydrogens (primary N) is 1. The van der Waals surface area contributed by atoms with E-state index in [-0.39, 0.29) is 13.0 Å². The molecule has 10 nitrogen and oxygen atoms in total. The Balaban J connectivity index is 2.56. The summed E-state index contributed by atoms with van der Waals surface area (Å²) in [5.74, 6) is -1.56.